The van der Waals surface area contributed by atoms with Gasteiger partial charge in [-0.3, -0.25) is 0 Å². The Morgan fingerprint density at radius 3 is 1.32 bits per heavy atom. The fourth-order valence-electron chi connectivity index (χ4n) is 3.72. The number of allylic oxidation sites excluding steroid dienone is 2. The summed E-state index contributed by atoms with van der Waals surface area (Å²) >= 11 is 4.69. The van der Waals surface area contributed by atoms with Crippen molar-refractivity contribution >= 4 is 57.3 Å². The Bertz CT molecular complexity index is 910. The summed E-state index contributed by atoms with van der Waals surface area (Å²) in [6.07, 6.45) is 0.574. The second-order valence-corrected chi connectivity index (χ2v) is 11.4. The van der Waals surface area contributed by atoms with Crippen molar-refractivity contribution in [2.45, 2.75) is 68.1 Å². The fraction of sp³-hybridized carbons (Fsp3) is 0.524. The molecular weight excluding hydrogens is 494 g/mol. The molecule has 0 saturated carbocycles. The van der Waals surface area contributed by atoms with Gasteiger partial charge in [-0.25, -0.2) is 0 Å². The molecule has 3 rings (SSSR count). The lowest BCUT2D eigenvalue weighted by molar-refractivity contribution is -0.254. The Kier molecular flexibility index (Phi) is 7.26. The molecule has 0 unspecified atom stereocenters. The third kappa shape index (κ3) is 3.69. The van der Waals surface area contributed by atoms with E-state index in [9.17, 15) is 8.78 Å². The molecule has 0 fully saturated rings. The van der Waals surface area contributed by atoms with Crippen molar-refractivity contribution in [3.63, 3.8) is 0 Å². The average Bonchev–Trinajstić information content (AvgIpc) is 3.31. The molecular formula is C21H22F6S4. The van der Waals surface area contributed by atoms with E-state index in [1.807, 2.05) is 0 Å². The van der Waals surface area contributed by atoms with E-state index in [0.717, 1.165) is 22.7 Å². The highest BCUT2D eigenvalue weighted by Gasteiger charge is 2.80. The first kappa shape index (κ1) is 25.1. The lowest BCUT2D eigenvalue weighted by Gasteiger charge is -2.26. The van der Waals surface area contributed by atoms with Gasteiger partial charge in [0.2, 0.25) is 0 Å². The van der Waals surface area contributed by atoms with Crippen molar-refractivity contribution in [1.82, 2.24) is 0 Å². The summed E-state index contributed by atoms with van der Waals surface area (Å²) in [5.41, 5.74) is -2.70. The molecule has 0 atom stereocenters. The minimum atomic E-state index is -5.52. The highest BCUT2D eigenvalue weighted by Crippen LogP contribution is 2.67. The molecule has 0 N–H and O–H groups in total. The topological polar surface area (TPSA) is 0 Å². The van der Waals surface area contributed by atoms with Crippen molar-refractivity contribution in [3.05, 3.63) is 31.6 Å². The molecule has 172 valence electrons. The zero-order valence-electron chi connectivity index (χ0n) is 17.4. The molecule has 1 aliphatic rings. The number of alkyl halides is 6. The molecule has 2 aromatic heterocycles. The molecule has 31 heavy (non-hydrogen) atoms. The van der Waals surface area contributed by atoms with Gasteiger partial charge in [0.25, 0.3) is 0 Å². The predicted molar refractivity (Wildman–Crippen MR) is 122 cm³/mol. The largest absolute Gasteiger partial charge is 0.380 e. The second kappa shape index (κ2) is 8.99. The van der Waals surface area contributed by atoms with Crippen LogP contribution in [0.3, 0.4) is 0 Å². The zero-order valence-corrected chi connectivity index (χ0v) is 20.6. The van der Waals surface area contributed by atoms with Gasteiger partial charge in [0.05, 0.1) is 0 Å². The standard InChI is InChI=1S/C21H22F6S4/c1-5-11-15(13(9-30-11)28-7-3)17-18(20(24,25)21(26,27)19(17,22)23)16-12(6-2)31-10-14(16)29-8-4/h9-10H,5-8H2,1-4H3. The summed E-state index contributed by atoms with van der Waals surface area (Å²) < 4.78 is 90.6. The molecule has 0 aliphatic heterocycles. The lowest BCUT2D eigenvalue weighted by Crippen LogP contribution is -2.49. The predicted octanol–water partition coefficient (Wildman–Crippen LogP) is 8.99. The van der Waals surface area contributed by atoms with Gasteiger partial charge in [0, 0.05) is 52.6 Å². The maximum absolute atomic E-state index is 15.3. The summed E-state index contributed by atoms with van der Waals surface area (Å²) in [6.45, 7) is 7.01. The Labute approximate surface area is 194 Å². The highest BCUT2D eigenvalue weighted by molar-refractivity contribution is 7.99. The van der Waals surface area contributed by atoms with Crippen LogP contribution in [0.15, 0.2) is 20.6 Å². The molecule has 0 amide bonds. The Hall–Kier alpha value is -0.580. The van der Waals surface area contributed by atoms with Crippen molar-refractivity contribution < 1.29 is 26.3 Å². The van der Waals surface area contributed by atoms with Crippen LogP contribution in [0.2, 0.25) is 0 Å². The van der Waals surface area contributed by atoms with Crippen LogP contribution in [0.4, 0.5) is 26.3 Å². The van der Waals surface area contributed by atoms with Crippen LogP contribution in [0.5, 0.6) is 0 Å². The van der Waals surface area contributed by atoms with E-state index in [1.165, 1.54) is 23.5 Å². The van der Waals surface area contributed by atoms with Gasteiger partial charge in [-0.1, -0.05) is 27.7 Å². The first-order valence-corrected chi connectivity index (χ1v) is 13.6. The molecule has 1 aliphatic carbocycles. The molecule has 0 aromatic carbocycles. The van der Waals surface area contributed by atoms with E-state index in [-0.39, 0.29) is 24.0 Å². The van der Waals surface area contributed by atoms with Crippen molar-refractivity contribution in [3.8, 4) is 0 Å². The van der Waals surface area contributed by atoms with Crippen molar-refractivity contribution in [2.24, 2.45) is 0 Å². The van der Waals surface area contributed by atoms with Crippen LogP contribution in [0.25, 0.3) is 11.1 Å². The Balaban J connectivity index is 2.50. The van der Waals surface area contributed by atoms with Crippen LogP contribution in [0, 0.1) is 0 Å². The quantitative estimate of drug-likeness (QED) is 0.254. The summed E-state index contributed by atoms with van der Waals surface area (Å²) in [6, 6.07) is 0. The molecule has 2 heterocycles. The third-order valence-corrected chi connectivity index (χ3v) is 9.48. The molecule has 0 spiro atoms. The number of halogens is 6. The monoisotopic (exact) mass is 516 g/mol. The average molecular weight is 517 g/mol. The molecule has 0 nitrogen and oxygen atoms in total. The van der Waals surface area contributed by atoms with Crippen LogP contribution in [-0.2, 0) is 12.8 Å². The SMILES string of the molecule is CCSc1csc(CC)c1C1=C(c2c(SCC)csc2CC)C(F)(F)C(F)(F)C1(F)F. The van der Waals surface area contributed by atoms with E-state index in [2.05, 4.69) is 0 Å². The smallest absolute Gasteiger partial charge is 0.194 e. The molecule has 0 saturated heterocycles. The normalized spacial score (nSPS) is 19.4. The van der Waals surface area contributed by atoms with Gasteiger partial charge < -0.3 is 0 Å². The minimum Gasteiger partial charge on any atom is -0.194 e. The summed E-state index contributed by atoms with van der Waals surface area (Å²) in [4.78, 5) is 1.52. The lowest BCUT2D eigenvalue weighted by atomic mass is 9.94. The van der Waals surface area contributed by atoms with Gasteiger partial charge in [-0.2, -0.15) is 26.3 Å². The van der Waals surface area contributed by atoms with E-state index in [4.69, 9.17) is 0 Å². The van der Waals surface area contributed by atoms with Gasteiger partial charge in [0.1, 0.15) is 0 Å². The third-order valence-electron chi connectivity index (χ3n) is 5.08. The van der Waals surface area contributed by atoms with Crippen molar-refractivity contribution in [2.75, 3.05) is 11.5 Å². The summed E-state index contributed by atoms with van der Waals surface area (Å²) in [5.74, 6) is -14.5. The first-order valence-electron chi connectivity index (χ1n) is 9.86. The number of thioether (sulfide) groups is 2. The van der Waals surface area contributed by atoms with Gasteiger partial charge >= 0.3 is 17.8 Å². The number of aryl methyl sites for hydroxylation is 2. The van der Waals surface area contributed by atoms with Crippen molar-refractivity contribution in [1.29, 1.82) is 0 Å². The maximum atomic E-state index is 15.3. The van der Waals surface area contributed by atoms with Crippen LogP contribution < -0.4 is 0 Å². The van der Waals surface area contributed by atoms with Crippen LogP contribution in [0.1, 0.15) is 48.6 Å². The maximum Gasteiger partial charge on any atom is 0.380 e. The molecule has 10 heteroatoms. The second-order valence-electron chi connectivity index (χ2n) is 6.84. The van der Waals surface area contributed by atoms with E-state index >= 15 is 17.6 Å². The molecule has 0 radical (unpaired) electrons. The fourth-order valence-corrected chi connectivity index (χ4v) is 7.77. The highest BCUT2D eigenvalue weighted by atomic mass is 32.2. The Morgan fingerprint density at radius 2 is 1.03 bits per heavy atom. The zero-order chi connectivity index (χ0) is 23.2. The van der Waals surface area contributed by atoms with E-state index in [0.29, 0.717) is 31.1 Å². The van der Waals surface area contributed by atoms with Crippen LogP contribution >= 0.6 is 46.2 Å². The summed E-state index contributed by atoms with van der Waals surface area (Å²) in [5, 5.41) is 3.21. The number of hydrogen-bond acceptors (Lipinski definition) is 4. The van der Waals surface area contributed by atoms with Crippen LogP contribution in [-0.4, -0.2) is 29.3 Å². The summed E-state index contributed by atoms with van der Waals surface area (Å²) in [7, 11) is 0. The molecule has 0 bridgehead atoms. The number of rotatable bonds is 8. The first-order chi connectivity index (χ1) is 14.5. The van der Waals surface area contributed by atoms with Gasteiger partial charge in [-0.15, -0.1) is 46.2 Å². The van der Waals surface area contributed by atoms with Gasteiger partial charge in [0.15, 0.2) is 0 Å². The Morgan fingerprint density at radius 1 is 0.677 bits per heavy atom. The van der Waals surface area contributed by atoms with Gasteiger partial charge in [-0.05, 0) is 24.3 Å². The number of thiophene rings is 2. The minimum absolute atomic E-state index is 0.142. The number of hydrogen-bond donors (Lipinski definition) is 0. The van der Waals surface area contributed by atoms with E-state index in [1.54, 1.807) is 38.5 Å². The van der Waals surface area contributed by atoms with E-state index < -0.39 is 28.9 Å². The molecule has 2 aromatic rings.